The van der Waals surface area contributed by atoms with E-state index in [1.54, 1.807) is 37.3 Å². The molecule has 0 bridgehead atoms. The highest BCUT2D eigenvalue weighted by atomic mass is 32.2. The average molecular weight is 256 g/mol. The monoisotopic (exact) mass is 256 g/mol. The first-order chi connectivity index (χ1) is 7.99. The zero-order valence-electron chi connectivity index (χ0n) is 9.16. The van der Waals surface area contributed by atoms with Crippen molar-refractivity contribution < 1.29 is 17.9 Å². The van der Waals surface area contributed by atoms with E-state index in [-0.39, 0.29) is 6.54 Å². The Bertz CT molecular complexity index is 514. The Morgan fingerprint density at radius 2 is 2.00 bits per heavy atom. The van der Waals surface area contributed by atoms with Gasteiger partial charge in [0.2, 0.25) is 0 Å². The molecule has 1 N–H and O–H groups in total. The maximum atomic E-state index is 11.9. The third kappa shape index (κ3) is 2.50. The highest BCUT2D eigenvalue weighted by Gasteiger charge is 2.37. The molecule has 0 spiro atoms. The average Bonchev–Trinajstić information content (AvgIpc) is 2.59. The Kier molecular flexibility index (Phi) is 2.93. The van der Waals surface area contributed by atoms with Gasteiger partial charge in [-0.3, -0.25) is 4.72 Å². The van der Waals surface area contributed by atoms with Gasteiger partial charge < -0.3 is 4.74 Å². The van der Waals surface area contributed by atoms with Gasteiger partial charge in [0, 0.05) is 0 Å². The number of cyclic esters (lactones) is 1. The predicted molar refractivity (Wildman–Crippen MR) is 61.6 cm³/mol. The van der Waals surface area contributed by atoms with Crippen molar-refractivity contribution in [2.75, 3.05) is 11.3 Å². The van der Waals surface area contributed by atoms with Gasteiger partial charge >= 0.3 is 16.3 Å². The fourth-order valence-electron chi connectivity index (χ4n) is 1.48. The summed E-state index contributed by atoms with van der Waals surface area (Å²) < 4.78 is 31.5. The molecule has 0 radical (unpaired) electrons. The van der Waals surface area contributed by atoms with Gasteiger partial charge in [-0.2, -0.15) is 12.7 Å². The molecule has 1 atom stereocenters. The normalized spacial score (nSPS) is 20.2. The summed E-state index contributed by atoms with van der Waals surface area (Å²) in [4.78, 5) is 11.3. The summed E-state index contributed by atoms with van der Waals surface area (Å²) in [6.45, 7) is 1.66. The van der Waals surface area contributed by atoms with Gasteiger partial charge in [0.15, 0.2) is 0 Å². The lowest BCUT2D eigenvalue weighted by Crippen LogP contribution is -2.36. The summed E-state index contributed by atoms with van der Waals surface area (Å²) in [7, 11) is -3.89. The first-order valence-corrected chi connectivity index (χ1v) is 6.49. The van der Waals surface area contributed by atoms with Crippen LogP contribution >= 0.6 is 0 Å². The lowest BCUT2D eigenvalue weighted by molar-refractivity contribution is 0.144. The number of carbonyl (C=O) groups excluding carboxylic acids is 1. The van der Waals surface area contributed by atoms with E-state index >= 15 is 0 Å². The van der Waals surface area contributed by atoms with Crippen molar-refractivity contribution in [3.63, 3.8) is 0 Å². The van der Waals surface area contributed by atoms with E-state index in [4.69, 9.17) is 4.74 Å². The molecule has 0 aliphatic carbocycles. The molecule has 1 aliphatic rings. The number of para-hydroxylation sites is 1. The minimum atomic E-state index is -3.89. The zero-order chi connectivity index (χ0) is 12.5. The topological polar surface area (TPSA) is 75.7 Å². The van der Waals surface area contributed by atoms with E-state index in [1.165, 1.54) is 0 Å². The van der Waals surface area contributed by atoms with Crippen LogP contribution in [-0.4, -0.2) is 31.5 Å². The van der Waals surface area contributed by atoms with E-state index in [2.05, 4.69) is 4.72 Å². The van der Waals surface area contributed by atoms with Gasteiger partial charge in [0.05, 0.1) is 12.2 Å². The number of amides is 1. The molecule has 0 unspecified atom stereocenters. The van der Waals surface area contributed by atoms with Crippen molar-refractivity contribution in [1.82, 2.24) is 4.31 Å². The molecule has 0 saturated carbocycles. The predicted octanol–water partition coefficient (Wildman–Crippen LogP) is 1.18. The number of nitrogens with one attached hydrogen (secondary N) is 1. The molecular weight excluding hydrogens is 244 g/mol. The maximum Gasteiger partial charge on any atom is 0.425 e. The van der Waals surface area contributed by atoms with Crippen LogP contribution in [0.5, 0.6) is 0 Å². The second-order valence-electron chi connectivity index (χ2n) is 3.70. The highest BCUT2D eigenvalue weighted by molar-refractivity contribution is 7.90. The van der Waals surface area contributed by atoms with E-state index < -0.39 is 22.4 Å². The van der Waals surface area contributed by atoms with E-state index in [0.29, 0.717) is 9.99 Å². The second-order valence-corrected chi connectivity index (χ2v) is 5.29. The van der Waals surface area contributed by atoms with Gasteiger partial charge in [0.1, 0.15) is 6.10 Å². The smallest absolute Gasteiger partial charge is 0.425 e. The first-order valence-electron chi connectivity index (χ1n) is 5.05. The van der Waals surface area contributed by atoms with E-state index in [9.17, 15) is 13.2 Å². The molecule has 1 heterocycles. The Morgan fingerprint density at radius 1 is 1.35 bits per heavy atom. The number of rotatable bonds is 3. The molecule has 92 valence electrons. The molecule has 1 aromatic rings. The van der Waals surface area contributed by atoms with Crippen LogP contribution in [0.4, 0.5) is 10.5 Å². The van der Waals surface area contributed by atoms with Crippen molar-refractivity contribution in [2.24, 2.45) is 0 Å². The van der Waals surface area contributed by atoms with Crippen molar-refractivity contribution >= 4 is 22.0 Å². The van der Waals surface area contributed by atoms with Crippen molar-refractivity contribution in [3.8, 4) is 0 Å². The van der Waals surface area contributed by atoms with E-state index in [0.717, 1.165) is 0 Å². The van der Waals surface area contributed by atoms with Crippen LogP contribution in [0.25, 0.3) is 0 Å². The Balaban J connectivity index is 2.18. The van der Waals surface area contributed by atoms with Crippen molar-refractivity contribution in [3.05, 3.63) is 30.3 Å². The molecule has 1 aliphatic heterocycles. The molecule has 0 aromatic heterocycles. The Morgan fingerprint density at radius 3 is 2.53 bits per heavy atom. The number of nitrogens with zero attached hydrogens (tertiary/aromatic N) is 1. The minimum absolute atomic E-state index is 0.0288. The summed E-state index contributed by atoms with van der Waals surface area (Å²) in [6, 6.07) is 8.36. The van der Waals surface area contributed by atoms with Gasteiger partial charge in [-0.1, -0.05) is 18.2 Å². The fourth-order valence-corrected chi connectivity index (χ4v) is 2.67. The number of hydrogen-bond donors (Lipinski definition) is 1. The van der Waals surface area contributed by atoms with Crippen molar-refractivity contribution in [2.45, 2.75) is 13.0 Å². The van der Waals surface area contributed by atoms with Crippen LogP contribution in [0.1, 0.15) is 6.92 Å². The molecule has 2 rings (SSSR count). The quantitative estimate of drug-likeness (QED) is 0.881. The Labute approximate surface area is 99.4 Å². The highest BCUT2D eigenvalue weighted by Crippen LogP contribution is 2.17. The van der Waals surface area contributed by atoms with Crippen LogP contribution in [-0.2, 0) is 14.9 Å². The molecule has 1 amide bonds. The summed E-state index contributed by atoms with van der Waals surface area (Å²) in [5, 5.41) is 0. The number of hydrogen-bond acceptors (Lipinski definition) is 4. The van der Waals surface area contributed by atoms with Gasteiger partial charge in [-0.05, 0) is 19.1 Å². The largest absolute Gasteiger partial charge is 0.444 e. The summed E-state index contributed by atoms with van der Waals surface area (Å²) in [5.74, 6) is 0. The molecule has 7 heteroatoms. The van der Waals surface area contributed by atoms with Crippen LogP contribution in [0.15, 0.2) is 30.3 Å². The minimum Gasteiger partial charge on any atom is -0.444 e. The SMILES string of the molecule is C[C@H]1CN(S(=O)(=O)Nc2ccccc2)C(=O)O1. The third-order valence-electron chi connectivity index (χ3n) is 2.24. The van der Waals surface area contributed by atoms with Gasteiger partial charge in [-0.15, -0.1) is 0 Å². The van der Waals surface area contributed by atoms with Gasteiger partial charge in [-0.25, -0.2) is 4.79 Å². The summed E-state index contributed by atoms with van der Waals surface area (Å²) >= 11 is 0. The standard InChI is InChI=1S/C10H12N2O4S/c1-8-7-12(10(13)16-8)17(14,15)11-9-5-3-2-4-6-9/h2-6,8,11H,7H2,1H3/t8-/m0/s1. The molecule has 1 fully saturated rings. The molecule has 17 heavy (non-hydrogen) atoms. The van der Waals surface area contributed by atoms with Crippen LogP contribution < -0.4 is 4.72 Å². The summed E-state index contributed by atoms with van der Waals surface area (Å²) in [6.07, 6.45) is -1.27. The first kappa shape index (κ1) is 11.7. The zero-order valence-corrected chi connectivity index (χ0v) is 9.98. The van der Waals surface area contributed by atoms with Crippen LogP contribution in [0.3, 0.4) is 0 Å². The number of benzene rings is 1. The lowest BCUT2D eigenvalue weighted by atomic mass is 10.3. The third-order valence-corrected chi connectivity index (χ3v) is 3.61. The van der Waals surface area contributed by atoms with Crippen LogP contribution in [0.2, 0.25) is 0 Å². The summed E-state index contributed by atoms with van der Waals surface area (Å²) in [5.41, 5.74) is 0.403. The number of carbonyl (C=O) groups is 1. The molecule has 1 saturated heterocycles. The number of anilines is 1. The van der Waals surface area contributed by atoms with E-state index in [1.807, 2.05) is 0 Å². The Hall–Kier alpha value is -1.76. The molecule has 6 nitrogen and oxygen atoms in total. The molecule has 1 aromatic carbocycles. The fraction of sp³-hybridized carbons (Fsp3) is 0.300. The molecular formula is C10H12N2O4S. The second kappa shape index (κ2) is 4.25. The van der Waals surface area contributed by atoms with Crippen LogP contribution in [0, 0.1) is 0 Å². The maximum absolute atomic E-state index is 11.9. The number of ether oxygens (including phenoxy) is 1. The van der Waals surface area contributed by atoms with Gasteiger partial charge in [0.25, 0.3) is 0 Å². The lowest BCUT2D eigenvalue weighted by Gasteiger charge is -2.14. The van der Waals surface area contributed by atoms with Crippen molar-refractivity contribution in [1.29, 1.82) is 0 Å².